The Hall–Kier alpha value is -0.500. The Kier molecular flexibility index (Phi) is 4.37. The highest BCUT2D eigenvalue weighted by atomic mass is 79.9. The maximum Gasteiger partial charge on any atom is 0.254 e. The third kappa shape index (κ3) is 3.28. The van der Waals surface area contributed by atoms with Crippen LogP contribution in [0.5, 0.6) is 0 Å². The van der Waals surface area contributed by atoms with Crippen molar-refractivity contribution in [3.8, 4) is 0 Å². The molecule has 2 rings (SSSR count). The topological polar surface area (TPSA) is 49.4 Å². The van der Waals surface area contributed by atoms with Crippen LogP contribution in [0, 0.1) is 5.82 Å². The number of halogens is 2. The lowest BCUT2D eigenvalue weighted by Crippen LogP contribution is -2.44. The Bertz CT molecular complexity index is 530. The van der Waals surface area contributed by atoms with Gasteiger partial charge in [0, 0.05) is 17.6 Å². The van der Waals surface area contributed by atoms with E-state index < -0.39 is 15.8 Å². The van der Waals surface area contributed by atoms with Gasteiger partial charge in [0.1, 0.15) is 5.82 Å². The Morgan fingerprint density at radius 2 is 1.89 bits per heavy atom. The molecule has 1 aromatic rings. The molecule has 1 N–H and O–H groups in total. The van der Waals surface area contributed by atoms with Crippen molar-refractivity contribution in [3.63, 3.8) is 0 Å². The van der Waals surface area contributed by atoms with E-state index in [1.807, 2.05) is 0 Å². The monoisotopic (exact) mass is 336 g/mol. The number of rotatable bonds is 3. The average Bonchev–Trinajstić information content (AvgIpc) is 2.29. The summed E-state index contributed by atoms with van der Waals surface area (Å²) in [5.74, 6) is -0.473. The summed E-state index contributed by atoms with van der Waals surface area (Å²) in [5.41, 5.74) is 0. The van der Waals surface area contributed by atoms with Crippen LogP contribution in [-0.4, -0.2) is 26.5 Å². The van der Waals surface area contributed by atoms with Gasteiger partial charge >= 0.3 is 0 Å². The summed E-state index contributed by atoms with van der Waals surface area (Å²) in [6, 6.07) is 3.53. The van der Waals surface area contributed by atoms with E-state index in [4.69, 9.17) is 0 Å². The fraction of sp³-hybridized carbons (Fsp3) is 0.455. The first-order valence-electron chi connectivity index (χ1n) is 5.71. The van der Waals surface area contributed by atoms with E-state index in [1.165, 1.54) is 6.07 Å². The van der Waals surface area contributed by atoms with Crippen LogP contribution in [-0.2, 0) is 10.0 Å². The number of piperidine rings is 1. The molecule has 0 bridgehead atoms. The summed E-state index contributed by atoms with van der Waals surface area (Å²) < 4.78 is 37.4. The lowest BCUT2D eigenvalue weighted by Gasteiger charge is -2.26. The third-order valence-electron chi connectivity index (χ3n) is 2.79. The van der Waals surface area contributed by atoms with Crippen molar-refractivity contribution < 1.29 is 12.8 Å². The predicted molar refractivity (Wildman–Crippen MR) is 69.8 cm³/mol. The van der Waals surface area contributed by atoms with Crippen LogP contribution < -0.4 is 4.83 Å². The molecule has 1 saturated heterocycles. The molecule has 0 spiro atoms. The minimum absolute atomic E-state index is 0.0504. The van der Waals surface area contributed by atoms with E-state index in [-0.39, 0.29) is 9.37 Å². The molecule has 1 aromatic carbocycles. The molecule has 100 valence electrons. The molecular formula is C11H14BrFN2O2S. The lowest BCUT2D eigenvalue weighted by molar-refractivity contribution is 0.200. The third-order valence-corrected chi connectivity index (χ3v) is 5.14. The Labute approximate surface area is 114 Å². The van der Waals surface area contributed by atoms with Crippen molar-refractivity contribution in [3.05, 3.63) is 28.5 Å². The molecule has 1 heterocycles. The first-order valence-corrected chi connectivity index (χ1v) is 7.99. The van der Waals surface area contributed by atoms with E-state index in [0.717, 1.165) is 31.4 Å². The van der Waals surface area contributed by atoms with Crippen LogP contribution in [0.25, 0.3) is 0 Å². The fourth-order valence-corrected chi connectivity index (χ4v) is 4.07. The van der Waals surface area contributed by atoms with E-state index in [2.05, 4.69) is 20.8 Å². The Balaban J connectivity index is 2.19. The predicted octanol–water partition coefficient (Wildman–Crippen LogP) is 2.27. The van der Waals surface area contributed by atoms with Gasteiger partial charge in [-0.1, -0.05) is 6.42 Å². The van der Waals surface area contributed by atoms with Crippen molar-refractivity contribution in [2.24, 2.45) is 0 Å². The van der Waals surface area contributed by atoms with Gasteiger partial charge in [-0.2, -0.15) is 0 Å². The maximum atomic E-state index is 12.9. The quantitative estimate of drug-likeness (QED) is 0.921. The van der Waals surface area contributed by atoms with E-state index in [9.17, 15) is 12.8 Å². The van der Waals surface area contributed by atoms with Gasteiger partial charge in [0.05, 0.1) is 4.90 Å². The highest BCUT2D eigenvalue weighted by molar-refractivity contribution is 9.10. The SMILES string of the molecule is O=S(=O)(NN1CCCCC1)c1ccc(F)cc1Br. The zero-order chi connectivity index (χ0) is 13.2. The normalized spacial score (nSPS) is 17.9. The van der Waals surface area contributed by atoms with E-state index in [1.54, 1.807) is 5.01 Å². The largest absolute Gasteiger partial charge is 0.254 e. The number of hydrogen-bond donors (Lipinski definition) is 1. The second-order valence-corrected chi connectivity index (χ2v) is 6.70. The van der Waals surface area contributed by atoms with Gasteiger partial charge in [0.25, 0.3) is 10.0 Å². The smallest absolute Gasteiger partial charge is 0.230 e. The zero-order valence-corrected chi connectivity index (χ0v) is 12.1. The van der Waals surface area contributed by atoms with Crippen LogP contribution in [0.4, 0.5) is 4.39 Å². The van der Waals surface area contributed by atoms with Crippen LogP contribution in [0.3, 0.4) is 0 Å². The molecule has 0 unspecified atom stereocenters. The Morgan fingerprint density at radius 1 is 1.22 bits per heavy atom. The first-order chi connectivity index (χ1) is 8.49. The molecule has 18 heavy (non-hydrogen) atoms. The van der Waals surface area contributed by atoms with Crippen molar-refractivity contribution >= 4 is 26.0 Å². The highest BCUT2D eigenvalue weighted by Gasteiger charge is 2.22. The summed E-state index contributed by atoms with van der Waals surface area (Å²) in [6.07, 6.45) is 3.08. The summed E-state index contributed by atoms with van der Waals surface area (Å²) in [4.78, 5) is 2.58. The molecule has 0 amide bonds. The van der Waals surface area contributed by atoms with Gasteiger partial charge < -0.3 is 0 Å². The fourth-order valence-electron chi connectivity index (χ4n) is 1.90. The number of sulfonamides is 1. The first kappa shape index (κ1) is 13.9. The molecule has 4 nitrogen and oxygen atoms in total. The minimum atomic E-state index is -3.64. The molecule has 1 aliphatic heterocycles. The summed E-state index contributed by atoms with van der Waals surface area (Å²) in [6.45, 7) is 1.41. The maximum absolute atomic E-state index is 12.9. The van der Waals surface area contributed by atoms with Crippen LogP contribution >= 0.6 is 15.9 Å². The molecular weight excluding hydrogens is 323 g/mol. The van der Waals surface area contributed by atoms with E-state index in [0.29, 0.717) is 13.1 Å². The zero-order valence-electron chi connectivity index (χ0n) is 9.70. The van der Waals surface area contributed by atoms with Crippen molar-refractivity contribution in [2.75, 3.05) is 13.1 Å². The van der Waals surface area contributed by atoms with Gasteiger partial charge in [0.2, 0.25) is 0 Å². The molecule has 0 radical (unpaired) electrons. The molecule has 1 aliphatic rings. The lowest BCUT2D eigenvalue weighted by atomic mass is 10.2. The number of hydrazine groups is 1. The number of nitrogens with zero attached hydrogens (tertiary/aromatic N) is 1. The van der Waals surface area contributed by atoms with Gasteiger partial charge in [-0.25, -0.2) is 17.8 Å². The number of hydrogen-bond acceptors (Lipinski definition) is 3. The summed E-state index contributed by atoms with van der Waals surface area (Å²) in [5, 5.41) is 1.69. The van der Waals surface area contributed by atoms with Crippen molar-refractivity contribution in [2.45, 2.75) is 24.2 Å². The summed E-state index contributed by atoms with van der Waals surface area (Å²) >= 11 is 3.07. The summed E-state index contributed by atoms with van der Waals surface area (Å²) in [7, 11) is -3.64. The van der Waals surface area contributed by atoms with Gasteiger partial charge in [-0.3, -0.25) is 0 Å². The molecule has 0 saturated carbocycles. The van der Waals surface area contributed by atoms with Crippen molar-refractivity contribution in [1.29, 1.82) is 0 Å². The van der Waals surface area contributed by atoms with E-state index >= 15 is 0 Å². The average molecular weight is 337 g/mol. The van der Waals surface area contributed by atoms with Crippen LogP contribution in [0.1, 0.15) is 19.3 Å². The van der Waals surface area contributed by atoms with Gasteiger partial charge in [-0.05, 0) is 47.0 Å². The van der Waals surface area contributed by atoms with Crippen molar-refractivity contribution in [1.82, 2.24) is 9.84 Å². The highest BCUT2D eigenvalue weighted by Crippen LogP contribution is 2.23. The molecule has 1 fully saturated rings. The minimum Gasteiger partial charge on any atom is -0.230 e. The second kappa shape index (κ2) is 5.64. The molecule has 0 atom stereocenters. The number of nitrogens with one attached hydrogen (secondary N) is 1. The number of benzene rings is 1. The Morgan fingerprint density at radius 3 is 2.50 bits per heavy atom. The molecule has 0 aliphatic carbocycles. The second-order valence-electron chi connectivity index (χ2n) is 4.22. The van der Waals surface area contributed by atoms with Gasteiger partial charge in [0.15, 0.2) is 0 Å². The van der Waals surface area contributed by atoms with Crippen LogP contribution in [0.15, 0.2) is 27.6 Å². The molecule has 0 aromatic heterocycles. The standard InChI is InChI=1S/C11H14BrFN2O2S/c12-10-8-9(13)4-5-11(10)18(16,17)14-15-6-2-1-3-7-15/h4-5,8,14H,1-3,6-7H2. The van der Waals surface area contributed by atoms with Crippen LogP contribution in [0.2, 0.25) is 0 Å². The molecule has 7 heteroatoms. The van der Waals surface area contributed by atoms with Gasteiger partial charge in [-0.15, -0.1) is 4.83 Å².